The maximum Gasteiger partial charge on any atom is 0.226 e. The lowest BCUT2D eigenvalue weighted by molar-refractivity contribution is -0.116. The zero-order valence-corrected chi connectivity index (χ0v) is 22.3. The van der Waals surface area contributed by atoms with E-state index in [1.165, 1.54) is 5.56 Å². The van der Waals surface area contributed by atoms with Crippen molar-refractivity contribution in [3.05, 3.63) is 108 Å². The summed E-state index contributed by atoms with van der Waals surface area (Å²) in [5.74, 6) is 0.712. The molecule has 2 aromatic carbocycles. The highest BCUT2D eigenvalue weighted by Gasteiger charge is 2.41. The van der Waals surface area contributed by atoms with E-state index in [0.717, 1.165) is 32.7 Å². The Morgan fingerprint density at radius 1 is 1.05 bits per heavy atom. The largest absolute Gasteiger partial charge is 0.452 e. The highest BCUT2D eigenvalue weighted by molar-refractivity contribution is 7.99. The van der Waals surface area contributed by atoms with Crippen molar-refractivity contribution in [1.82, 2.24) is 15.2 Å². The summed E-state index contributed by atoms with van der Waals surface area (Å²) >= 11 is 7.31. The molecule has 2 aromatic heterocycles. The van der Waals surface area contributed by atoms with E-state index in [-0.39, 0.29) is 24.4 Å². The quantitative estimate of drug-likeness (QED) is 0.255. The summed E-state index contributed by atoms with van der Waals surface area (Å²) in [5, 5.41) is 7.80. The van der Waals surface area contributed by atoms with Gasteiger partial charge in [-0.05, 0) is 74.1 Å². The molecule has 5 rings (SSSR count). The van der Waals surface area contributed by atoms with Gasteiger partial charge >= 0.3 is 0 Å². The van der Waals surface area contributed by atoms with Crippen LogP contribution in [-0.2, 0) is 4.79 Å². The zero-order chi connectivity index (χ0) is 25.8. The number of hydrogen-bond acceptors (Lipinski definition) is 5. The number of furan rings is 1. The lowest BCUT2D eigenvalue weighted by Gasteiger charge is -2.25. The van der Waals surface area contributed by atoms with E-state index in [9.17, 15) is 4.79 Å². The molecule has 1 saturated heterocycles. The van der Waals surface area contributed by atoms with Gasteiger partial charge in [0.2, 0.25) is 5.91 Å². The third-order valence-electron chi connectivity index (χ3n) is 6.33. The fraction of sp³-hybridized carbons (Fsp3) is 0.207. The molecule has 1 aliphatic heterocycles. The molecule has 2 atom stereocenters. The van der Waals surface area contributed by atoms with Crippen LogP contribution in [0.5, 0.6) is 0 Å². The van der Waals surface area contributed by atoms with Crippen molar-refractivity contribution in [1.29, 1.82) is 0 Å². The first-order valence-electron chi connectivity index (χ1n) is 12.2. The number of anilines is 1. The monoisotopic (exact) mass is 528 g/mol. The highest BCUT2D eigenvalue weighted by atomic mass is 32.2. The third kappa shape index (κ3) is 5.87. The molecule has 6 nitrogen and oxygen atoms in total. The fourth-order valence-corrected chi connectivity index (χ4v) is 5.48. The van der Waals surface area contributed by atoms with Gasteiger partial charge in [-0.15, -0.1) is 0 Å². The summed E-state index contributed by atoms with van der Waals surface area (Å²) < 4.78 is 6.34. The number of rotatable bonds is 8. The van der Waals surface area contributed by atoms with Crippen LogP contribution in [0.15, 0.2) is 99.5 Å². The Labute approximate surface area is 226 Å². The first-order valence-corrected chi connectivity index (χ1v) is 13.4. The number of benzene rings is 2. The smallest absolute Gasteiger partial charge is 0.226 e. The van der Waals surface area contributed by atoms with Crippen LogP contribution in [0.2, 0.25) is 0 Å². The van der Waals surface area contributed by atoms with Crippen LogP contribution in [-0.4, -0.2) is 27.4 Å². The Bertz CT molecular complexity index is 1390. The topological polar surface area (TPSA) is 70.4 Å². The molecular formula is C29H28N4O2S2. The molecule has 188 valence electrons. The van der Waals surface area contributed by atoms with Crippen molar-refractivity contribution >= 4 is 40.7 Å². The molecule has 1 aliphatic rings. The van der Waals surface area contributed by atoms with Gasteiger partial charge in [0, 0.05) is 29.7 Å². The van der Waals surface area contributed by atoms with E-state index < -0.39 is 0 Å². The van der Waals surface area contributed by atoms with E-state index in [2.05, 4.69) is 46.8 Å². The second-order valence-electron chi connectivity index (χ2n) is 9.01. The molecule has 2 N–H and O–H groups in total. The molecule has 0 spiro atoms. The van der Waals surface area contributed by atoms with E-state index in [0.29, 0.717) is 11.7 Å². The summed E-state index contributed by atoms with van der Waals surface area (Å²) in [6.45, 7) is 4.49. The number of aromatic nitrogens is 1. The predicted octanol–water partition coefficient (Wildman–Crippen LogP) is 6.44. The van der Waals surface area contributed by atoms with Gasteiger partial charge in [-0.1, -0.05) is 53.7 Å². The van der Waals surface area contributed by atoms with Crippen LogP contribution in [0.25, 0.3) is 0 Å². The molecule has 1 fully saturated rings. The van der Waals surface area contributed by atoms with Gasteiger partial charge in [-0.3, -0.25) is 9.78 Å². The van der Waals surface area contributed by atoms with Gasteiger partial charge in [0.15, 0.2) is 10.2 Å². The van der Waals surface area contributed by atoms with Crippen molar-refractivity contribution in [2.75, 3.05) is 11.9 Å². The van der Waals surface area contributed by atoms with Gasteiger partial charge in [0.05, 0.1) is 11.7 Å². The minimum atomic E-state index is -0.235. The molecule has 0 bridgehead atoms. The number of amides is 1. The SMILES string of the molecule is Cc1ccc(Sc2ccc(C3C(c4ccccn4)NC(=S)N3CCC(=O)Nc3ccccc3C)o2)cc1. The van der Waals surface area contributed by atoms with Gasteiger partial charge in [0.25, 0.3) is 0 Å². The molecule has 0 saturated carbocycles. The van der Waals surface area contributed by atoms with Crippen LogP contribution in [0, 0.1) is 13.8 Å². The van der Waals surface area contributed by atoms with Crippen LogP contribution in [0.3, 0.4) is 0 Å². The second-order valence-corrected chi connectivity index (χ2v) is 10.5. The molecule has 0 aliphatic carbocycles. The summed E-state index contributed by atoms with van der Waals surface area (Å²) in [6, 6.07) is 25.5. The van der Waals surface area contributed by atoms with Gasteiger partial charge in [0.1, 0.15) is 11.8 Å². The Kier molecular flexibility index (Phi) is 7.58. The first kappa shape index (κ1) is 25.0. The van der Waals surface area contributed by atoms with Crippen LogP contribution >= 0.6 is 24.0 Å². The Hall–Kier alpha value is -3.62. The van der Waals surface area contributed by atoms with Crippen molar-refractivity contribution < 1.29 is 9.21 Å². The average Bonchev–Trinajstić information content (AvgIpc) is 3.49. The number of nitrogens with zero attached hydrogens (tertiary/aromatic N) is 2. The van der Waals surface area contributed by atoms with Crippen molar-refractivity contribution in [2.45, 2.75) is 42.3 Å². The summed E-state index contributed by atoms with van der Waals surface area (Å²) in [4.78, 5) is 20.5. The van der Waals surface area contributed by atoms with Crippen LogP contribution in [0.4, 0.5) is 5.69 Å². The number of nitrogens with one attached hydrogen (secondary N) is 2. The van der Waals surface area contributed by atoms with Crippen molar-refractivity contribution in [2.24, 2.45) is 0 Å². The standard InChI is InChI=1S/C29H28N4O2S2/c1-19-10-12-21(13-11-19)37-26-15-14-24(35-26)28-27(23-9-5-6-17-30-23)32-29(36)33(28)18-16-25(34)31-22-8-4-3-7-20(22)2/h3-15,17,27-28H,16,18H2,1-2H3,(H,31,34)(H,32,36). The molecule has 4 aromatic rings. The van der Waals surface area contributed by atoms with Crippen molar-refractivity contribution in [3.63, 3.8) is 0 Å². The minimum absolute atomic E-state index is 0.0628. The summed E-state index contributed by atoms with van der Waals surface area (Å²) in [5.41, 5.74) is 3.93. The number of carbonyl (C=O) groups excluding carboxylic acids is 1. The highest BCUT2D eigenvalue weighted by Crippen LogP contribution is 2.41. The van der Waals surface area contributed by atoms with E-state index >= 15 is 0 Å². The maximum atomic E-state index is 12.8. The number of carbonyl (C=O) groups is 1. The van der Waals surface area contributed by atoms with E-state index in [1.54, 1.807) is 18.0 Å². The Morgan fingerprint density at radius 2 is 1.84 bits per heavy atom. The van der Waals surface area contributed by atoms with Gasteiger partial charge in [-0.25, -0.2) is 0 Å². The summed E-state index contributed by atoms with van der Waals surface area (Å²) in [7, 11) is 0. The normalized spacial score (nSPS) is 17.0. The van der Waals surface area contributed by atoms with Crippen LogP contribution in [0.1, 0.15) is 41.1 Å². The number of thiocarbonyl (C=S) groups is 1. The van der Waals surface area contributed by atoms with E-state index in [4.69, 9.17) is 16.6 Å². The molecular weight excluding hydrogens is 500 g/mol. The number of para-hydroxylation sites is 1. The predicted molar refractivity (Wildman–Crippen MR) is 151 cm³/mol. The van der Waals surface area contributed by atoms with Crippen molar-refractivity contribution in [3.8, 4) is 0 Å². The molecule has 1 amide bonds. The second kappa shape index (κ2) is 11.2. The Morgan fingerprint density at radius 3 is 2.59 bits per heavy atom. The molecule has 0 radical (unpaired) electrons. The Balaban J connectivity index is 1.36. The van der Waals surface area contributed by atoms with Gasteiger partial charge < -0.3 is 20.0 Å². The average molecular weight is 529 g/mol. The number of aryl methyl sites for hydroxylation is 2. The number of hydrogen-bond donors (Lipinski definition) is 2. The molecule has 8 heteroatoms. The summed E-state index contributed by atoms with van der Waals surface area (Å²) in [6.07, 6.45) is 2.06. The number of pyridine rings is 1. The lowest BCUT2D eigenvalue weighted by atomic mass is 10.0. The first-order chi connectivity index (χ1) is 18.0. The van der Waals surface area contributed by atoms with Crippen LogP contribution < -0.4 is 10.6 Å². The molecule has 2 unspecified atom stereocenters. The zero-order valence-electron chi connectivity index (χ0n) is 20.7. The minimum Gasteiger partial charge on any atom is -0.452 e. The van der Waals surface area contributed by atoms with Gasteiger partial charge in [-0.2, -0.15) is 0 Å². The molecule has 3 heterocycles. The fourth-order valence-electron chi connectivity index (χ4n) is 4.37. The van der Waals surface area contributed by atoms with E-state index in [1.807, 2.05) is 66.4 Å². The maximum absolute atomic E-state index is 12.8. The molecule has 37 heavy (non-hydrogen) atoms. The lowest BCUT2D eigenvalue weighted by Crippen LogP contribution is -2.32. The third-order valence-corrected chi connectivity index (χ3v) is 7.61.